The van der Waals surface area contributed by atoms with Crippen molar-refractivity contribution in [3.05, 3.63) is 36.2 Å². The molecule has 0 saturated carbocycles. The van der Waals surface area contributed by atoms with Gasteiger partial charge < -0.3 is 9.84 Å². The first kappa shape index (κ1) is 12.2. The van der Waals surface area contributed by atoms with E-state index in [1.807, 2.05) is 31.2 Å². The minimum atomic E-state index is -0.883. The van der Waals surface area contributed by atoms with Crippen LogP contribution < -0.4 is 4.74 Å². The first-order valence-corrected chi connectivity index (χ1v) is 5.68. The highest BCUT2D eigenvalue weighted by Gasteiger charge is 2.10. The van der Waals surface area contributed by atoms with Crippen LogP contribution in [0, 0.1) is 0 Å². The largest absolute Gasteiger partial charge is 0.494 e. The van der Waals surface area contributed by atoms with Crippen LogP contribution in [-0.2, 0) is 11.2 Å². The zero-order valence-corrected chi connectivity index (χ0v) is 10.0. The van der Waals surface area contributed by atoms with E-state index in [1.165, 1.54) is 0 Å². The van der Waals surface area contributed by atoms with Gasteiger partial charge >= 0.3 is 5.97 Å². The third-order valence-corrected chi connectivity index (χ3v) is 2.52. The van der Waals surface area contributed by atoms with Crippen LogP contribution in [-0.4, -0.2) is 27.9 Å². The Kier molecular flexibility index (Phi) is 3.62. The predicted octanol–water partition coefficient (Wildman–Crippen LogP) is 2.10. The number of hydrogen-bond acceptors (Lipinski definition) is 3. The zero-order valence-electron chi connectivity index (χ0n) is 10.0. The monoisotopic (exact) mass is 246 g/mol. The highest BCUT2D eigenvalue weighted by Crippen LogP contribution is 2.24. The van der Waals surface area contributed by atoms with Crippen molar-refractivity contribution in [3.8, 4) is 16.9 Å². The lowest BCUT2D eigenvalue weighted by Gasteiger charge is -2.05. The molecule has 0 amide bonds. The number of nitrogens with zero attached hydrogens (tertiary/aromatic N) is 1. The van der Waals surface area contributed by atoms with Crippen LogP contribution in [0.3, 0.4) is 0 Å². The number of hydrogen-bond donors (Lipinski definition) is 2. The molecule has 0 unspecified atom stereocenters. The number of aliphatic carboxylic acids is 1. The van der Waals surface area contributed by atoms with E-state index >= 15 is 0 Å². The summed E-state index contributed by atoms with van der Waals surface area (Å²) < 4.78 is 5.36. The van der Waals surface area contributed by atoms with Gasteiger partial charge in [-0.05, 0) is 24.6 Å². The van der Waals surface area contributed by atoms with Crippen LogP contribution in [0.5, 0.6) is 5.75 Å². The van der Waals surface area contributed by atoms with Gasteiger partial charge in [0, 0.05) is 5.56 Å². The van der Waals surface area contributed by atoms with Crippen molar-refractivity contribution in [2.24, 2.45) is 0 Å². The van der Waals surface area contributed by atoms with Gasteiger partial charge in [-0.25, -0.2) is 0 Å². The Labute approximate surface area is 104 Å². The molecule has 2 N–H and O–H groups in total. The maximum absolute atomic E-state index is 10.7. The van der Waals surface area contributed by atoms with Crippen molar-refractivity contribution in [2.75, 3.05) is 6.61 Å². The molecule has 18 heavy (non-hydrogen) atoms. The summed E-state index contributed by atoms with van der Waals surface area (Å²) in [6.45, 7) is 2.55. The van der Waals surface area contributed by atoms with Gasteiger partial charge in [-0.3, -0.25) is 9.89 Å². The molecule has 94 valence electrons. The Balaban J connectivity index is 2.25. The standard InChI is InChI=1S/C13H14N2O3/c1-2-18-10-5-3-9(4-6-10)11-8-14-15-12(11)7-13(16)17/h3-6,8H,2,7H2,1H3,(H,14,15)(H,16,17). The molecule has 0 fully saturated rings. The number of carbonyl (C=O) groups is 1. The Bertz CT molecular complexity index is 531. The molecule has 0 aliphatic carbocycles. The highest BCUT2D eigenvalue weighted by molar-refractivity contribution is 5.75. The second kappa shape index (κ2) is 5.35. The number of benzene rings is 1. The molecule has 2 rings (SSSR count). The van der Waals surface area contributed by atoms with Gasteiger partial charge in [-0.15, -0.1) is 0 Å². The highest BCUT2D eigenvalue weighted by atomic mass is 16.5. The summed E-state index contributed by atoms with van der Waals surface area (Å²) in [5, 5.41) is 15.4. The molecule has 5 heteroatoms. The van der Waals surface area contributed by atoms with Crippen LogP contribution >= 0.6 is 0 Å². The molecule has 0 atom stereocenters. The van der Waals surface area contributed by atoms with E-state index in [0.717, 1.165) is 16.9 Å². The predicted molar refractivity (Wildman–Crippen MR) is 66.5 cm³/mol. The van der Waals surface area contributed by atoms with Crippen molar-refractivity contribution in [3.63, 3.8) is 0 Å². The topological polar surface area (TPSA) is 75.2 Å². The lowest BCUT2D eigenvalue weighted by atomic mass is 10.1. The molecule has 1 aromatic carbocycles. The number of carboxylic acids is 1. The lowest BCUT2D eigenvalue weighted by molar-refractivity contribution is -0.136. The second-order valence-electron chi connectivity index (χ2n) is 3.79. The summed E-state index contributed by atoms with van der Waals surface area (Å²) in [7, 11) is 0. The summed E-state index contributed by atoms with van der Waals surface area (Å²) in [4.78, 5) is 10.7. The lowest BCUT2D eigenvalue weighted by Crippen LogP contribution is -2.01. The molecule has 1 aromatic heterocycles. The van der Waals surface area contributed by atoms with Crippen molar-refractivity contribution in [2.45, 2.75) is 13.3 Å². The molecule has 5 nitrogen and oxygen atoms in total. The fourth-order valence-electron chi connectivity index (χ4n) is 1.75. The van der Waals surface area contributed by atoms with Crippen LogP contribution in [0.2, 0.25) is 0 Å². The van der Waals surface area contributed by atoms with Gasteiger partial charge in [0.25, 0.3) is 0 Å². The number of aromatic nitrogens is 2. The number of rotatable bonds is 5. The number of carboxylic acid groups (broad SMARTS) is 1. The molecule has 0 saturated heterocycles. The fourth-order valence-corrected chi connectivity index (χ4v) is 1.75. The fraction of sp³-hybridized carbons (Fsp3) is 0.231. The maximum atomic E-state index is 10.7. The SMILES string of the molecule is CCOc1ccc(-c2cn[nH]c2CC(=O)O)cc1. The average Bonchev–Trinajstić information content (AvgIpc) is 2.78. The minimum Gasteiger partial charge on any atom is -0.494 e. The average molecular weight is 246 g/mol. The zero-order chi connectivity index (χ0) is 13.0. The molecular formula is C13H14N2O3. The van der Waals surface area contributed by atoms with E-state index in [9.17, 15) is 4.79 Å². The maximum Gasteiger partial charge on any atom is 0.309 e. The first-order chi connectivity index (χ1) is 8.70. The third kappa shape index (κ3) is 2.68. The Morgan fingerprint density at radius 2 is 2.11 bits per heavy atom. The van der Waals surface area contributed by atoms with Gasteiger partial charge in [-0.2, -0.15) is 5.10 Å². The van der Waals surface area contributed by atoms with E-state index in [0.29, 0.717) is 12.3 Å². The molecule has 0 bridgehead atoms. The number of ether oxygens (including phenoxy) is 1. The summed E-state index contributed by atoms with van der Waals surface area (Å²) in [5.41, 5.74) is 2.33. The smallest absolute Gasteiger partial charge is 0.309 e. The van der Waals surface area contributed by atoms with E-state index in [2.05, 4.69) is 10.2 Å². The summed E-state index contributed by atoms with van der Waals surface area (Å²) in [6.07, 6.45) is 1.57. The quantitative estimate of drug-likeness (QED) is 0.847. The van der Waals surface area contributed by atoms with Crippen molar-refractivity contribution < 1.29 is 14.6 Å². The van der Waals surface area contributed by atoms with Crippen molar-refractivity contribution in [1.82, 2.24) is 10.2 Å². The van der Waals surface area contributed by atoms with E-state index in [-0.39, 0.29) is 6.42 Å². The van der Waals surface area contributed by atoms with Gasteiger partial charge in [-0.1, -0.05) is 12.1 Å². The van der Waals surface area contributed by atoms with E-state index < -0.39 is 5.97 Å². The van der Waals surface area contributed by atoms with Crippen LogP contribution in [0.4, 0.5) is 0 Å². The second-order valence-corrected chi connectivity index (χ2v) is 3.79. The molecular weight excluding hydrogens is 232 g/mol. The van der Waals surface area contributed by atoms with E-state index in [1.54, 1.807) is 6.20 Å². The van der Waals surface area contributed by atoms with Crippen LogP contribution in [0.15, 0.2) is 30.5 Å². The summed E-state index contributed by atoms with van der Waals surface area (Å²) in [5.74, 6) is -0.0871. The Morgan fingerprint density at radius 3 is 2.72 bits per heavy atom. The minimum absolute atomic E-state index is 0.0669. The van der Waals surface area contributed by atoms with Gasteiger partial charge in [0.05, 0.1) is 24.9 Å². The normalized spacial score (nSPS) is 10.3. The summed E-state index contributed by atoms with van der Waals surface area (Å²) >= 11 is 0. The molecule has 0 aliphatic rings. The molecule has 0 radical (unpaired) electrons. The van der Waals surface area contributed by atoms with Crippen molar-refractivity contribution in [1.29, 1.82) is 0 Å². The third-order valence-electron chi connectivity index (χ3n) is 2.52. The molecule has 1 heterocycles. The number of H-pyrrole nitrogens is 1. The summed E-state index contributed by atoms with van der Waals surface area (Å²) in [6, 6.07) is 7.50. The van der Waals surface area contributed by atoms with Gasteiger partial charge in [0.1, 0.15) is 5.75 Å². The van der Waals surface area contributed by atoms with E-state index in [4.69, 9.17) is 9.84 Å². The van der Waals surface area contributed by atoms with Crippen LogP contribution in [0.1, 0.15) is 12.6 Å². The van der Waals surface area contributed by atoms with Crippen molar-refractivity contribution >= 4 is 5.97 Å². The first-order valence-electron chi connectivity index (χ1n) is 5.68. The van der Waals surface area contributed by atoms with Crippen LogP contribution in [0.25, 0.3) is 11.1 Å². The Morgan fingerprint density at radius 1 is 1.39 bits per heavy atom. The number of aromatic amines is 1. The van der Waals surface area contributed by atoms with Gasteiger partial charge in [0.15, 0.2) is 0 Å². The number of nitrogens with one attached hydrogen (secondary N) is 1. The molecule has 2 aromatic rings. The molecule has 0 aliphatic heterocycles. The molecule has 0 spiro atoms. The Hall–Kier alpha value is -2.30. The van der Waals surface area contributed by atoms with Gasteiger partial charge in [0.2, 0.25) is 0 Å².